The lowest BCUT2D eigenvalue weighted by Crippen LogP contribution is -2.24. The fourth-order valence-corrected chi connectivity index (χ4v) is 3.88. The minimum Gasteiger partial charge on any atom is -0.313 e. The quantitative estimate of drug-likeness (QED) is 0.760. The van der Waals surface area contributed by atoms with Crippen molar-refractivity contribution < 1.29 is 0 Å². The Balaban J connectivity index is 2.02. The van der Waals surface area contributed by atoms with Gasteiger partial charge in [-0.15, -0.1) is 11.6 Å². The molecule has 1 aliphatic rings. The lowest BCUT2D eigenvalue weighted by molar-refractivity contribution is 0.471. The minimum atomic E-state index is 0.424. The van der Waals surface area contributed by atoms with Crippen molar-refractivity contribution in [2.75, 3.05) is 7.05 Å². The molecule has 110 valence electrons. The van der Waals surface area contributed by atoms with E-state index in [4.69, 9.17) is 23.2 Å². The van der Waals surface area contributed by atoms with Crippen molar-refractivity contribution in [1.82, 2.24) is 5.32 Å². The first-order valence-corrected chi connectivity index (χ1v) is 8.26. The molecule has 0 spiro atoms. The van der Waals surface area contributed by atoms with Gasteiger partial charge in [0.2, 0.25) is 0 Å². The number of rotatable bonds is 3. The lowest BCUT2D eigenvalue weighted by atomic mass is 9.76. The van der Waals surface area contributed by atoms with Gasteiger partial charge in [0.1, 0.15) is 0 Å². The highest BCUT2D eigenvalue weighted by molar-refractivity contribution is 6.32. The van der Waals surface area contributed by atoms with E-state index in [-0.39, 0.29) is 0 Å². The van der Waals surface area contributed by atoms with E-state index >= 15 is 0 Å². The number of fused-ring (bicyclic) bond motifs is 1. The smallest absolute Gasteiger partial charge is 0.0488 e. The van der Waals surface area contributed by atoms with Crippen LogP contribution in [0.1, 0.15) is 47.1 Å². The fraction of sp³-hybridized carbons (Fsp3) is 0.333. The molecule has 3 rings (SSSR count). The van der Waals surface area contributed by atoms with Crippen LogP contribution >= 0.6 is 23.2 Å². The molecular formula is C18H19Cl2N. The molecule has 21 heavy (non-hydrogen) atoms. The summed E-state index contributed by atoms with van der Waals surface area (Å²) < 4.78 is 0. The van der Waals surface area contributed by atoms with Gasteiger partial charge < -0.3 is 5.32 Å². The van der Waals surface area contributed by atoms with Crippen LogP contribution in [0.5, 0.6) is 0 Å². The molecule has 0 saturated carbocycles. The first-order chi connectivity index (χ1) is 10.2. The number of nitrogens with one attached hydrogen (secondary N) is 1. The number of alkyl halides is 1. The standard InChI is InChI=1S/C18H19Cl2N/c1-21-18-9-8-14(15-4-2-3-5-16(15)18)12-6-7-13(11-19)17(20)10-12/h2-7,10,14,18,21H,8-9,11H2,1H3. The van der Waals surface area contributed by atoms with E-state index in [1.54, 1.807) is 0 Å². The molecule has 1 aliphatic carbocycles. The first kappa shape index (κ1) is 14.9. The SMILES string of the molecule is CNC1CCC(c2ccc(CCl)c(Cl)c2)c2ccccc21. The number of hydrogen-bond acceptors (Lipinski definition) is 1. The van der Waals surface area contributed by atoms with Crippen LogP contribution in [-0.2, 0) is 5.88 Å². The molecule has 2 aromatic carbocycles. The van der Waals surface area contributed by atoms with E-state index in [2.05, 4.69) is 47.8 Å². The Morgan fingerprint density at radius 1 is 1.10 bits per heavy atom. The highest BCUT2D eigenvalue weighted by atomic mass is 35.5. The van der Waals surface area contributed by atoms with E-state index in [0.29, 0.717) is 17.8 Å². The predicted octanol–water partition coefficient (Wildman–Crippen LogP) is 5.27. The topological polar surface area (TPSA) is 12.0 Å². The summed E-state index contributed by atoms with van der Waals surface area (Å²) in [6.45, 7) is 0. The predicted molar refractivity (Wildman–Crippen MR) is 90.3 cm³/mol. The molecule has 0 aromatic heterocycles. The van der Waals surface area contributed by atoms with Gasteiger partial charge in [-0.25, -0.2) is 0 Å². The van der Waals surface area contributed by atoms with Crippen molar-refractivity contribution in [2.45, 2.75) is 30.7 Å². The highest BCUT2D eigenvalue weighted by Crippen LogP contribution is 2.41. The van der Waals surface area contributed by atoms with Crippen molar-refractivity contribution in [3.63, 3.8) is 0 Å². The highest BCUT2D eigenvalue weighted by Gasteiger charge is 2.27. The van der Waals surface area contributed by atoms with Gasteiger partial charge in [-0.2, -0.15) is 0 Å². The third-order valence-corrected chi connectivity index (χ3v) is 5.10. The Hall–Kier alpha value is -1.02. The molecule has 0 fully saturated rings. The summed E-state index contributed by atoms with van der Waals surface area (Å²) >= 11 is 12.2. The van der Waals surface area contributed by atoms with E-state index in [0.717, 1.165) is 23.4 Å². The van der Waals surface area contributed by atoms with Crippen molar-refractivity contribution in [3.8, 4) is 0 Å². The maximum Gasteiger partial charge on any atom is 0.0488 e. The Labute approximate surface area is 136 Å². The molecule has 1 N–H and O–H groups in total. The summed E-state index contributed by atoms with van der Waals surface area (Å²) in [7, 11) is 2.04. The van der Waals surface area contributed by atoms with Gasteiger partial charge in [-0.05, 0) is 48.2 Å². The maximum atomic E-state index is 6.33. The second-order valence-electron chi connectivity index (χ2n) is 5.58. The molecule has 3 heteroatoms. The average molecular weight is 320 g/mol. The third kappa shape index (κ3) is 2.83. The van der Waals surface area contributed by atoms with Crippen LogP contribution in [0.3, 0.4) is 0 Å². The zero-order chi connectivity index (χ0) is 14.8. The monoisotopic (exact) mass is 319 g/mol. The van der Waals surface area contributed by atoms with Crippen molar-refractivity contribution in [2.24, 2.45) is 0 Å². The molecule has 0 radical (unpaired) electrons. The van der Waals surface area contributed by atoms with Gasteiger partial charge in [-0.1, -0.05) is 48.0 Å². The van der Waals surface area contributed by atoms with E-state index in [1.165, 1.54) is 16.7 Å². The van der Waals surface area contributed by atoms with Gasteiger partial charge in [0.25, 0.3) is 0 Å². The van der Waals surface area contributed by atoms with Gasteiger partial charge in [0.15, 0.2) is 0 Å². The largest absolute Gasteiger partial charge is 0.313 e. The molecule has 0 saturated heterocycles. The summed E-state index contributed by atoms with van der Waals surface area (Å²) in [5.74, 6) is 0.884. The second kappa shape index (κ2) is 6.39. The Morgan fingerprint density at radius 3 is 2.52 bits per heavy atom. The summed E-state index contributed by atoms with van der Waals surface area (Å²) in [6.07, 6.45) is 2.28. The van der Waals surface area contributed by atoms with Crippen LogP contribution in [0.4, 0.5) is 0 Å². The van der Waals surface area contributed by atoms with Gasteiger partial charge >= 0.3 is 0 Å². The molecule has 1 nitrogen and oxygen atoms in total. The molecular weight excluding hydrogens is 301 g/mol. The maximum absolute atomic E-state index is 6.33. The summed E-state index contributed by atoms with van der Waals surface area (Å²) in [5, 5.41) is 4.19. The zero-order valence-corrected chi connectivity index (χ0v) is 13.6. The summed E-state index contributed by atoms with van der Waals surface area (Å²) in [6, 6.07) is 15.5. The summed E-state index contributed by atoms with van der Waals surface area (Å²) in [5.41, 5.74) is 5.11. The Morgan fingerprint density at radius 2 is 1.86 bits per heavy atom. The van der Waals surface area contributed by atoms with Crippen LogP contribution < -0.4 is 5.32 Å². The molecule has 2 unspecified atom stereocenters. The Kier molecular flexibility index (Phi) is 4.54. The van der Waals surface area contributed by atoms with Crippen LogP contribution in [0.15, 0.2) is 42.5 Å². The average Bonchev–Trinajstić information content (AvgIpc) is 2.53. The van der Waals surface area contributed by atoms with Crippen molar-refractivity contribution in [3.05, 3.63) is 69.7 Å². The molecule has 0 aliphatic heterocycles. The fourth-order valence-electron chi connectivity index (χ4n) is 3.32. The van der Waals surface area contributed by atoms with Crippen LogP contribution in [0, 0.1) is 0 Å². The van der Waals surface area contributed by atoms with Gasteiger partial charge in [-0.3, -0.25) is 0 Å². The number of hydrogen-bond donors (Lipinski definition) is 1. The van der Waals surface area contributed by atoms with Crippen molar-refractivity contribution >= 4 is 23.2 Å². The van der Waals surface area contributed by atoms with Gasteiger partial charge in [0, 0.05) is 22.9 Å². The Bertz CT molecular complexity index is 639. The normalized spacial score (nSPS) is 21.1. The number of benzene rings is 2. The second-order valence-corrected chi connectivity index (χ2v) is 6.26. The molecule has 0 bridgehead atoms. The van der Waals surface area contributed by atoms with Crippen LogP contribution in [0.2, 0.25) is 5.02 Å². The lowest BCUT2D eigenvalue weighted by Gasteiger charge is -2.32. The zero-order valence-electron chi connectivity index (χ0n) is 12.1. The van der Waals surface area contributed by atoms with Crippen LogP contribution in [-0.4, -0.2) is 7.05 Å². The van der Waals surface area contributed by atoms with E-state index in [1.807, 2.05) is 7.05 Å². The van der Waals surface area contributed by atoms with E-state index in [9.17, 15) is 0 Å². The van der Waals surface area contributed by atoms with Crippen molar-refractivity contribution in [1.29, 1.82) is 0 Å². The van der Waals surface area contributed by atoms with Gasteiger partial charge in [0.05, 0.1) is 0 Å². The molecule has 0 heterocycles. The van der Waals surface area contributed by atoms with E-state index < -0.39 is 0 Å². The number of halogens is 2. The van der Waals surface area contributed by atoms with Crippen LogP contribution in [0.25, 0.3) is 0 Å². The summed E-state index contributed by atoms with van der Waals surface area (Å²) in [4.78, 5) is 0. The molecule has 2 atom stereocenters. The first-order valence-electron chi connectivity index (χ1n) is 7.35. The minimum absolute atomic E-state index is 0.424. The molecule has 0 amide bonds. The third-order valence-electron chi connectivity index (χ3n) is 4.46. The molecule has 2 aromatic rings.